The second-order valence-electron chi connectivity index (χ2n) is 13.9. The van der Waals surface area contributed by atoms with Crippen molar-refractivity contribution in [2.24, 2.45) is 17.8 Å². The van der Waals surface area contributed by atoms with Crippen LogP contribution in [0.25, 0.3) is 0 Å². The lowest BCUT2D eigenvalue weighted by molar-refractivity contribution is -0.255. The van der Waals surface area contributed by atoms with Crippen molar-refractivity contribution in [3.05, 3.63) is 156 Å². The van der Waals surface area contributed by atoms with Gasteiger partial charge in [-0.05, 0) is 48.4 Å². The Morgan fingerprint density at radius 1 is 0.551 bits per heavy atom. The summed E-state index contributed by atoms with van der Waals surface area (Å²) >= 11 is 0. The number of benzene rings is 4. The molecule has 0 N–H and O–H groups in total. The Hall–Kier alpha value is -3.62. The molecular weight excluding hydrogens is 612 g/mol. The Morgan fingerprint density at radius 3 is 1.39 bits per heavy atom. The van der Waals surface area contributed by atoms with Crippen molar-refractivity contribution >= 4 is 0 Å². The summed E-state index contributed by atoms with van der Waals surface area (Å²) in [6.45, 7) is 6.34. The number of rotatable bonds is 13. The summed E-state index contributed by atoms with van der Waals surface area (Å²) in [6, 6.07) is 41.4. The molecule has 1 aliphatic heterocycles. The summed E-state index contributed by atoms with van der Waals surface area (Å²) in [4.78, 5) is 0. The standard InChI is InChI=1S/C43H48O6/c1-43(2)48-30-37(49-43)35-24-15-25-36-38(35)40(45-27-32-18-9-4-10-19-32)42(47-29-34-22-13-6-14-23-34)41(46-28-33-20-11-5-12-21-33)39(36)44-26-31-16-7-3-8-17-31/h3-23,25,35-42H,24,26-30H2,1-2H3/t35-,36+,37-,38-,39-,40-,41+,42+/m1/s1. The quantitative estimate of drug-likeness (QED) is 0.135. The maximum atomic E-state index is 7.08. The maximum Gasteiger partial charge on any atom is 0.163 e. The molecule has 1 saturated carbocycles. The van der Waals surface area contributed by atoms with Gasteiger partial charge in [-0.2, -0.15) is 0 Å². The summed E-state index contributed by atoms with van der Waals surface area (Å²) < 4.78 is 40.8. The van der Waals surface area contributed by atoms with Crippen molar-refractivity contribution < 1.29 is 28.4 Å². The van der Waals surface area contributed by atoms with E-state index < -0.39 is 18.0 Å². The molecule has 0 spiro atoms. The van der Waals surface area contributed by atoms with E-state index in [4.69, 9.17) is 28.4 Å². The van der Waals surface area contributed by atoms with Crippen molar-refractivity contribution in [2.45, 2.75) is 83.0 Å². The minimum Gasteiger partial charge on any atom is -0.370 e. The summed E-state index contributed by atoms with van der Waals surface area (Å²) in [5.74, 6) is -0.454. The van der Waals surface area contributed by atoms with Gasteiger partial charge < -0.3 is 28.4 Å². The molecule has 1 heterocycles. The molecule has 4 aromatic carbocycles. The maximum absolute atomic E-state index is 7.08. The fourth-order valence-electron chi connectivity index (χ4n) is 7.75. The van der Waals surface area contributed by atoms with Crippen LogP contribution in [-0.2, 0) is 54.8 Å². The van der Waals surface area contributed by atoms with Crippen molar-refractivity contribution in [1.82, 2.24) is 0 Å². The highest BCUT2D eigenvalue weighted by atomic mass is 16.7. The van der Waals surface area contributed by atoms with Gasteiger partial charge in [0.25, 0.3) is 0 Å². The van der Waals surface area contributed by atoms with Crippen LogP contribution in [0.15, 0.2) is 133 Å². The largest absolute Gasteiger partial charge is 0.370 e. The Balaban J connectivity index is 1.28. The predicted molar refractivity (Wildman–Crippen MR) is 189 cm³/mol. The molecule has 4 aromatic rings. The van der Waals surface area contributed by atoms with Gasteiger partial charge in [-0.15, -0.1) is 0 Å². The van der Waals surface area contributed by atoms with Crippen LogP contribution in [-0.4, -0.2) is 42.9 Å². The summed E-state index contributed by atoms with van der Waals surface area (Å²) in [6.07, 6.45) is 4.00. The number of ether oxygens (including phenoxy) is 6. The van der Waals surface area contributed by atoms with E-state index in [1.54, 1.807) is 0 Å². The SMILES string of the molecule is CC1(C)OC[C@H]([C@H]2CC=C[C@@H]3[C@@H](OCc4ccccc4)[C@H](OCc4ccccc4)[C@@H](OCc4ccccc4)[C@H](OCc4ccccc4)[C@@H]32)O1. The molecular formula is C43H48O6. The summed E-state index contributed by atoms with van der Waals surface area (Å²) in [5.41, 5.74) is 4.44. The Morgan fingerprint density at radius 2 is 0.959 bits per heavy atom. The highest BCUT2D eigenvalue weighted by Gasteiger charge is 2.57. The molecule has 0 aromatic heterocycles. The summed E-state index contributed by atoms with van der Waals surface area (Å²) in [7, 11) is 0. The third-order valence-electron chi connectivity index (χ3n) is 10.1. The normalized spacial score (nSPS) is 29.0. The molecule has 6 nitrogen and oxygen atoms in total. The number of hydrogen-bond donors (Lipinski definition) is 0. The first-order chi connectivity index (χ1) is 24.0. The predicted octanol–water partition coefficient (Wildman–Crippen LogP) is 8.30. The van der Waals surface area contributed by atoms with Gasteiger partial charge in [0.1, 0.15) is 12.2 Å². The number of allylic oxidation sites excluding steroid dienone is 1. The van der Waals surface area contributed by atoms with Crippen LogP contribution in [0.1, 0.15) is 42.5 Å². The minimum atomic E-state index is -0.635. The first-order valence-corrected chi connectivity index (χ1v) is 17.6. The van der Waals surface area contributed by atoms with Crippen LogP contribution in [0, 0.1) is 17.8 Å². The van der Waals surface area contributed by atoms with Gasteiger partial charge in [-0.1, -0.05) is 133 Å². The van der Waals surface area contributed by atoms with Crippen molar-refractivity contribution in [3.63, 3.8) is 0 Å². The summed E-state index contributed by atoms with van der Waals surface area (Å²) in [5, 5.41) is 0. The van der Waals surface area contributed by atoms with Crippen LogP contribution in [0.5, 0.6) is 0 Å². The van der Waals surface area contributed by atoms with Gasteiger partial charge in [-0.3, -0.25) is 0 Å². The van der Waals surface area contributed by atoms with E-state index in [9.17, 15) is 0 Å². The first kappa shape index (κ1) is 33.9. The van der Waals surface area contributed by atoms with E-state index in [2.05, 4.69) is 97.1 Å². The molecule has 0 bridgehead atoms. The Bertz CT molecular complexity index is 1590. The highest BCUT2D eigenvalue weighted by Crippen LogP contribution is 2.49. The monoisotopic (exact) mass is 660 g/mol. The molecule has 8 atom stereocenters. The zero-order chi connectivity index (χ0) is 33.5. The van der Waals surface area contributed by atoms with Crippen molar-refractivity contribution in [3.8, 4) is 0 Å². The van der Waals surface area contributed by atoms with Crippen LogP contribution < -0.4 is 0 Å². The number of fused-ring (bicyclic) bond motifs is 1. The lowest BCUT2D eigenvalue weighted by Gasteiger charge is -2.53. The third-order valence-corrected chi connectivity index (χ3v) is 10.1. The third kappa shape index (κ3) is 8.41. The molecule has 1 saturated heterocycles. The highest BCUT2D eigenvalue weighted by molar-refractivity contribution is 5.20. The molecule has 2 fully saturated rings. The molecule has 6 heteroatoms. The van der Waals surface area contributed by atoms with E-state index in [-0.39, 0.29) is 36.1 Å². The van der Waals surface area contributed by atoms with Gasteiger partial charge in [0.2, 0.25) is 0 Å². The fraction of sp³-hybridized carbons (Fsp3) is 0.395. The van der Waals surface area contributed by atoms with E-state index >= 15 is 0 Å². The second-order valence-corrected chi connectivity index (χ2v) is 13.9. The molecule has 256 valence electrons. The smallest absolute Gasteiger partial charge is 0.163 e. The fourth-order valence-corrected chi connectivity index (χ4v) is 7.75. The van der Waals surface area contributed by atoms with Crippen molar-refractivity contribution in [1.29, 1.82) is 0 Å². The van der Waals surface area contributed by atoms with Crippen LogP contribution >= 0.6 is 0 Å². The second kappa shape index (κ2) is 15.9. The molecule has 0 unspecified atom stereocenters. The van der Waals surface area contributed by atoms with E-state index in [1.807, 2.05) is 50.2 Å². The van der Waals surface area contributed by atoms with Gasteiger partial charge in [-0.25, -0.2) is 0 Å². The minimum absolute atomic E-state index is 0.00731. The van der Waals surface area contributed by atoms with Crippen LogP contribution in [0.2, 0.25) is 0 Å². The van der Waals surface area contributed by atoms with Crippen molar-refractivity contribution in [2.75, 3.05) is 6.61 Å². The average molecular weight is 661 g/mol. The van der Waals surface area contributed by atoms with E-state index in [1.165, 1.54) is 0 Å². The zero-order valence-corrected chi connectivity index (χ0v) is 28.5. The van der Waals surface area contributed by atoms with Gasteiger partial charge in [0.05, 0.1) is 51.3 Å². The van der Waals surface area contributed by atoms with Crippen LogP contribution in [0.3, 0.4) is 0 Å². The Labute approximate surface area is 291 Å². The molecule has 3 aliphatic rings. The topological polar surface area (TPSA) is 55.4 Å². The zero-order valence-electron chi connectivity index (χ0n) is 28.5. The Kier molecular flexibility index (Phi) is 11.0. The number of hydrogen-bond acceptors (Lipinski definition) is 6. The molecule has 49 heavy (non-hydrogen) atoms. The lowest BCUT2D eigenvalue weighted by Crippen LogP contribution is -2.64. The van der Waals surface area contributed by atoms with E-state index in [0.717, 1.165) is 28.7 Å². The molecule has 0 amide bonds. The molecule has 0 radical (unpaired) electrons. The first-order valence-electron chi connectivity index (χ1n) is 17.6. The van der Waals surface area contributed by atoms with Gasteiger partial charge in [0.15, 0.2) is 5.79 Å². The van der Waals surface area contributed by atoms with Crippen LogP contribution in [0.4, 0.5) is 0 Å². The van der Waals surface area contributed by atoms with E-state index in [0.29, 0.717) is 33.0 Å². The lowest BCUT2D eigenvalue weighted by atomic mass is 9.62. The average Bonchev–Trinajstić information content (AvgIpc) is 3.52. The molecule has 2 aliphatic carbocycles. The van der Waals surface area contributed by atoms with Gasteiger partial charge >= 0.3 is 0 Å². The van der Waals surface area contributed by atoms with Gasteiger partial charge in [0, 0.05) is 11.8 Å². The molecule has 7 rings (SSSR count).